The first-order valence-corrected chi connectivity index (χ1v) is 9.71. The predicted octanol–water partition coefficient (Wildman–Crippen LogP) is 2.58. The number of nitrogens with one attached hydrogen (secondary N) is 2. The molecule has 0 atom stereocenters. The minimum Gasteiger partial charge on any atom is -0.339 e. The van der Waals surface area contributed by atoms with E-state index in [9.17, 15) is 9.59 Å². The van der Waals surface area contributed by atoms with Gasteiger partial charge in [0.2, 0.25) is 5.91 Å². The summed E-state index contributed by atoms with van der Waals surface area (Å²) in [6, 6.07) is 5.53. The minimum absolute atomic E-state index is 0.0977. The number of nitrogens with zero attached hydrogens (tertiary/aromatic N) is 1. The lowest BCUT2D eigenvalue weighted by Gasteiger charge is -2.39. The van der Waals surface area contributed by atoms with Gasteiger partial charge in [0.25, 0.3) is 5.91 Å². The Morgan fingerprint density at radius 3 is 2.58 bits per heavy atom. The number of rotatable bonds is 3. The number of amides is 2. The smallest absolute Gasteiger partial charge is 0.253 e. The second-order valence-electron chi connectivity index (χ2n) is 6.82. The van der Waals surface area contributed by atoms with E-state index in [1.807, 2.05) is 29.4 Å². The van der Waals surface area contributed by atoms with Crippen LogP contribution >= 0.6 is 11.8 Å². The van der Waals surface area contributed by atoms with E-state index in [1.54, 1.807) is 0 Å². The molecule has 0 bridgehead atoms. The van der Waals surface area contributed by atoms with Crippen LogP contribution in [0.25, 0.3) is 0 Å². The Labute approximate surface area is 147 Å². The van der Waals surface area contributed by atoms with Crippen LogP contribution in [0.3, 0.4) is 0 Å². The van der Waals surface area contributed by atoms with Gasteiger partial charge in [-0.1, -0.05) is 0 Å². The number of benzene rings is 1. The molecular weight excluding hydrogens is 322 g/mol. The molecule has 2 heterocycles. The Kier molecular flexibility index (Phi) is 5.15. The molecule has 24 heavy (non-hydrogen) atoms. The van der Waals surface area contributed by atoms with E-state index in [1.165, 1.54) is 25.1 Å². The van der Waals surface area contributed by atoms with Crippen molar-refractivity contribution in [2.75, 3.05) is 37.8 Å². The van der Waals surface area contributed by atoms with Crippen LogP contribution in [0.2, 0.25) is 0 Å². The Morgan fingerprint density at radius 2 is 2.00 bits per heavy atom. The summed E-state index contributed by atoms with van der Waals surface area (Å²) in [6.45, 7) is 5.36. The van der Waals surface area contributed by atoms with Crippen molar-refractivity contribution in [2.45, 2.75) is 31.1 Å². The molecular formula is C18H25N3O2S. The Balaban J connectivity index is 1.70. The van der Waals surface area contributed by atoms with Gasteiger partial charge in [0, 0.05) is 37.0 Å². The van der Waals surface area contributed by atoms with Crippen LogP contribution in [0, 0.1) is 5.41 Å². The average Bonchev–Trinajstić information content (AvgIpc) is 3.03. The first-order chi connectivity index (χ1) is 11.5. The molecule has 0 unspecified atom stereocenters. The SMILES string of the molecule is CSc1cc(C(=O)N2CCC3(CCNC3)CC2)ccc1NC(C)=O. The molecule has 1 spiro atoms. The van der Waals surface area contributed by atoms with Gasteiger partial charge in [-0.05, 0) is 55.7 Å². The van der Waals surface area contributed by atoms with Crippen LogP contribution in [-0.2, 0) is 4.79 Å². The predicted molar refractivity (Wildman–Crippen MR) is 97.6 cm³/mol. The van der Waals surface area contributed by atoms with E-state index >= 15 is 0 Å². The fourth-order valence-corrected chi connectivity index (χ4v) is 4.29. The summed E-state index contributed by atoms with van der Waals surface area (Å²) in [5.74, 6) is -0.00337. The molecule has 1 aromatic carbocycles. The van der Waals surface area contributed by atoms with Gasteiger partial charge in [-0.2, -0.15) is 0 Å². The molecule has 0 saturated carbocycles. The zero-order chi connectivity index (χ0) is 17.2. The van der Waals surface area contributed by atoms with Gasteiger partial charge >= 0.3 is 0 Å². The van der Waals surface area contributed by atoms with Gasteiger partial charge in [0.05, 0.1) is 5.69 Å². The van der Waals surface area contributed by atoms with E-state index in [-0.39, 0.29) is 11.8 Å². The summed E-state index contributed by atoms with van der Waals surface area (Å²) in [6.07, 6.45) is 5.36. The summed E-state index contributed by atoms with van der Waals surface area (Å²) in [4.78, 5) is 27.0. The molecule has 0 aromatic heterocycles. The Hall–Kier alpha value is -1.53. The molecule has 2 saturated heterocycles. The zero-order valence-corrected chi connectivity index (χ0v) is 15.2. The molecule has 0 radical (unpaired) electrons. The quantitative estimate of drug-likeness (QED) is 0.825. The van der Waals surface area contributed by atoms with Gasteiger partial charge in [-0.15, -0.1) is 11.8 Å². The highest BCUT2D eigenvalue weighted by Gasteiger charge is 2.38. The summed E-state index contributed by atoms with van der Waals surface area (Å²) in [5.41, 5.74) is 1.88. The lowest BCUT2D eigenvalue weighted by atomic mass is 9.78. The van der Waals surface area contributed by atoms with Gasteiger partial charge in [-0.25, -0.2) is 0 Å². The van der Waals surface area contributed by atoms with Crippen LogP contribution < -0.4 is 10.6 Å². The fourth-order valence-electron chi connectivity index (χ4n) is 3.71. The molecule has 2 amide bonds. The van der Waals surface area contributed by atoms with Crippen molar-refractivity contribution >= 4 is 29.3 Å². The van der Waals surface area contributed by atoms with Crippen molar-refractivity contribution in [1.29, 1.82) is 0 Å². The third-order valence-corrected chi connectivity index (χ3v) is 5.98. The molecule has 6 heteroatoms. The fraction of sp³-hybridized carbons (Fsp3) is 0.556. The van der Waals surface area contributed by atoms with Crippen molar-refractivity contribution < 1.29 is 9.59 Å². The molecule has 2 aliphatic heterocycles. The molecule has 2 N–H and O–H groups in total. The van der Waals surface area contributed by atoms with Gasteiger partial charge in [0.15, 0.2) is 0 Å². The Morgan fingerprint density at radius 1 is 1.25 bits per heavy atom. The Bertz CT molecular complexity index is 631. The minimum atomic E-state index is -0.101. The molecule has 1 aromatic rings. The van der Waals surface area contributed by atoms with Gasteiger partial charge in [0.1, 0.15) is 0 Å². The topological polar surface area (TPSA) is 61.4 Å². The van der Waals surface area contributed by atoms with Gasteiger partial charge < -0.3 is 15.5 Å². The summed E-state index contributed by atoms with van der Waals surface area (Å²) >= 11 is 1.54. The van der Waals surface area contributed by atoms with Crippen LogP contribution in [0.4, 0.5) is 5.69 Å². The molecule has 2 fully saturated rings. The largest absolute Gasteiger partial charge is 0.339 e. The number of hydrogen-bond acceptors (Lipinski definition) is 4. The highest BCUT2D eigenvalue weighted by molar-refractivity contribution is 7.98. The van der Waals surface area contributed by atoms with Crippen molar-refractivity contribution in [2.24, 2.45) is 5.41 Å². The summed E-state index contributed by atoms with van der Waals surface area (Å²) in [7, 11) is 0. The summed E-state index contributed by atoms with van der Waals surface area (Å²) in [5, 5.41) is 6.27. The van der Waals surface area contributed by atoms with E-state index in [0.717, 1.165) is 49.6 Å². The highest BCUT2D eigenvalue weighted by atomic mass is 32.2. The average molecular weight is 347 g/mol. The second kappa shape index (κ2) is 7.15. The van der Waals surface area contributed by atoms with Crippen LogP contribution in [0.15, 0.2) is 23.1 Å². The highest BCUT2D eigenvalue weighted by Crippen LogP contribution is 2.37. The van der Waals surface area contributed by atoms with Gasteiger partial charge in [-0.3, -0.25) is 9.59 Å². The third-order valence-electron chi connectivity index (χ3n) is 5.20. The maximum absolute atomic E-state index is 12.8. The number of thioether (sulfide) groups is 1. The molecule has 5 nitrogen and oxygen atoms in total. The number of hydrogen-bond donors (Lipinski definition) is 2. The third kappa shape index (κ3) is 3.59. The molecule has 3 rings (SSSR count). The normalized spacial score (nSPS) is 19.5. The first kappa shape index (κ1) is 17.3. The van der Waals surface area contributed by atoms with E-state index < -0.39 is 0 Å². The first-order valence-electron chi connectivity index (χ1n) is 8.49. The zero-order valence-electron chi connectivity index (χ0n) is 14.4. The number of carbonyl (C=O) groups excluding carboxylic acids is 2. The summed E-state index contributed by atoms with van der Waals surface area (Å²) < 4.78 is 0. The van der Waals surface area contributed by atoms with E-state index in [2.05, 4.69) is 10.6 Å². The number of carbonyl (C=O) groups is 2. The van der Waals surface area contributed by atoms with Crippen molar-refractivity contribution in [1.82, 2.24) is 10.2 Å². The van der Waals surface area contributed by atoms with E-state index in [0.29, 0.717) is 11.0 Å². The van der Waals surface area contributed by atoms with Crippen LogP contribution in [0.5, 0.6) is 0 Å². The molecule has 0 aliphatic carbocycles. The lowest BCUT2D eigenvalue weighted by Crippen LogP contribution is -2.44. The second-order valence-corrected chi connectivity index (χ2v) is 7.66. The monoisotopic (exact) mass is 347 g/mol. The van der Waals surface area contributed by atoms with Crippen molar-refractivity contribution in [3.63, 3.8) is 0 Å². The molecule has 2 aliphatic rings. The molecule has 130 valence electrons. The standard InChI is InChI=1S/C18H25N3O2S/c1-13(22)20-15-4-3-14(11-16(15)24-2)17(23)21-9-6-18(7-10-21)5-8-19-12-18/h3-4,11,19H,5-10,12H2,1-2H3,(H,20,22). The number of piperidine rings is 1. The van der Waals surface area contributed by atoms with Crippen molar-refractivity contribution in [3.8, 4) is 0 Å². The number of anilines is 1. The number of likely N-dealkylation sites (tertiary alicyclic amines) is 1. The van der Waals surface area contributed by atoms with Crippen molar-refractivity contribution in [3.05, 3.63) is 23.8 Å². The van der Waals surface area contributed by atoms with Crippen LogP contribution in [0.1, 0.15) is 36.5 Å². The van der Waals surface area contributed by atoms with E-state index in [4.69, 9.17) is 0 Å². The van der Waals surface area contributed by atoms with Crippen LogP contribution in [-0.4, -0.2) is 49.1 Å². The maximum Gasteiger partial charge on any atom is 0.253 e. The maximum atomic E-state index is 12.8. The lowest BCUT2D eigenvalue weighted by molar-refractivity contribution is -0.114.